The summed E-state index contributed by atoms with van der Waals surface area (Å²) in [5.74, 6) is -0.565. The largest absolute Gasteiger partial charge is 0.463 e. The Balaban J connectivity index is 1.91. The number of aromatic nitrogens is 3. The topological polar surface area (TPSA) is 57.0 Å². The van der Waals surface area contributed by atoms with Gasteiger partial charge in [0.25, 0.3) is 5.82 Å². The van der Waals surface area contributed by atoms with Gasteiger partial charge in [-0.15, -0.1) is 5.10 Å². The summed E-state index contributed by atoms with van der Waals surface area (Å²) >= 11 is 0. The van der Waals surface area contributed by atoms with Crippen molar-refractivity contribution >= 4 is 16.7 Å². The maximum absolute atomic E-state index is 13.3. The Morgan fingerprint density at radius 3 is 2.46 bits per heavy atom. The SMILES string of the molecule is COC(=O)c1nc(-c2ccc3ccccc3c2)n(-c2ccc(F)cc2)n1. The highest BCUT2D eigenvalue weighted by Gasteiger charge is 2.19. The predicted octanol–water partition coefficient (Wildman–Crippen LogP) is 4.01. The fraction of sp³-hybridized carbons (Fsp3) is 0.0500. The van der Waals surface area contributed by atoms with E-state index in [4.69, 9.17) is 4.74 Å². The van der Waals surface area contributed by atoms with Crippen LogP contribution >= 0.6 is 0 Å². The second kappa shape index (κ2) is 6.40. The van der Waals surface area contributed by atoms with Crippen LogP contribution in [0.25, 0.3) is 27.8 Å². The lowest BCUT2D eigenvalue weighted by molar-refractivity contribution is 0.0587. The molecule has 4 aromatic rings. The van der Waals surface area contributed by atoms with Gasteiger partial charge in [-0.1, -0.05) is 36.4 Å². The molecule has 5 nitrogen and oxygen atoms in total. The molecule has 3 aromatic carbocycles. The molecule has 0 saturated carbocycles. The van der Waals surface area contributed by atoms with E-state index in [0.717, 1.165) is 16.3 Å². The lowest BCUT2D eigenvalue weighted by Crippen LogP contribution is -2.05. The van der Waals surface area contributed by atoms with E-state index in [1.54, 1.807) is 12.1 Å². The number of carbonyl (C=O) groups excluding carboxylic acids is 1. The molecule has 0 aliphatic heterocycles. The number of ether oxygens (including phenoxy) is 1. The van der Waals surface area contributed by atoms with Gasteiger partial charge in [-0.05, 0) is 41.1 Å². The van der Waals surface area contributed by atoms with Crippen LogP contribution in [0.3, 0.4) is 0 Å². The number of esters is 1. The van der Waals surface area contributed by atoms with Crippen molar-refractivity contribution in [2.45, 2.75) is 0 Å². The molecule has 0 atom stereocenters. The van der Waals surface area contributed by atoms with Gasteiger partial charge < -0.3 is 4.74 Å². The minimum atomic E-state index is -0.632. The average molecular weight is 347 g/mol. The maximum atomic E-state index is 13.3. The zero-order valence-corrected chi connectivity index (χ0v) is 13.9. The number of benzene rings is 3. The van der Waals surface area contributed by atoms with E-state index in [-0.39, 0.29) is 11.6 Å². The molecule has 0 saturated heterocycles. The third-order valence-electron chi connectivity index (χ3n) is 4.05. The van der Waals surface area contributed by atoms with Crippen molar-refractivity contribution in [2.24, 2.45) is 0 Å². The molecule has 6 heteroatoms. The molecule has 0 aliphatic carbocycles. The van der Waals surface area contributed by atoms with Crippen molar-refractivity contribution in [3.8, 4) is 17.1 Å². The van der Waals surface area contributed by atoms with Crippen LogP contribution < -0.4 is 0 Å². The summed E-state index contributed by atoms with van der Waals surface area (Å²) in [5.41, 5.74) is 1.38. The van der Waals surface area contributed by atoms with Crippen molar-refractivity contribution in [1.82, 2.24) is 14.8 Å². The van der Waals surface area contributed by atoms with Gasteiger partial charge in [0, 0.05) is 5.56 Å². The normalized spacial score (nSPS) is 10.8. The number of rotatable bonds is 3. The predicted molar refractivity (Wildman–Crippen MR) is 95.6 cm³/mol. The molecule has 0 spiro atoms. The van der Waals surface area contributed by atoms with Crippen molar-refractivity contribution in [2.75, 3.05) is 7.11 Å². The van der Waals surface area contributed by atoms with Crippen LogP contribution in [0.5, 0.6) is 0 Å². The average Bonchev–Trinajstić information content (AvgIpc) is 3.13. The Morgan fingerprint density at radius 1 is 1.00 bits per heavy atom. The minimum Gasteiger partial charge on any atom is -0.463 e. The molecule has 0 fully saturated rings. The highest BCUT2D eigenvalue weighted by Crippen LogP contribution is 2.25. The van der Waals surface area contributed by atoms with Gasteiger partial charge >= 0.3 is 5.97 Å². The third-order valence-corrected chi connectivity index (χ3v) is 4.05. The second-order valence-electron chi connectivity index (χ2n) is 5.70. The highest BCUT2D eigenvalue weighted by molar-refractivity contribution is 5.88. The van der Waals surface area contributed by atoms with Crippen LogP contribution in [0.2, 0.25) is 0 Å². The summed E-state index contributed by atoms with van der Waals surface area (Å²) in [4.78, 5) is 16.2. The second-order valence-corrected chi connectivity index (χ2v) is 5.70. The van der Waals surface area contributed by atoms with Crippen molar-refractivity contribution in [1.29, 1.82) is 0 Å². The zero-order valence-electron chi connectivity index (χ0n) is 13.9. The smallest absolute Gasteiger partial charge is 0.377 e. The Kier molecular flexibility index (Phi) is 3.93. The summed E-state index contributed by atoms with van der Waals surface area (Å²) in [6, 6.07) is 19.6. The van der Waals surface area contributed by atoms with Crippen LogP contribution in [0.15, 0.2) is 66.7 Å². The van der Waals surface area contributed by atoms with E-state index in [2.05, 4.69) is 10.1 Å². The summed E-state index contributed by atoms with van der Waals surface area (Å²) in [7, 11) is 1.27. The highest BCUT2D eigenvalue weighted by atomic mass is 19.1. The molecular weight excluding hydrogens is 333 g/mol. The quantitative estimate of drug-likeness (QED) is 0.525. The number of hydrogen-bond acceptors (Lipinski definition) is 4. The molecule has 1 aromatic heterocycles. The number of methoxy groups -OCH3 is 1. The Hall–Kier alpha value is -3.54. The molecule has 0 radical (unpaired) electrons. The van der Waals surface area contributed by atoms with Crippen LogP contribution in [0.1, 0.15) is 10.6 Å². The number of fused-ring (bicyclic) bond motifs is 1. The monoisotopic (exact) mass is 347 g/mol. The number of halogens is 1. The first-order valence-corrected chi connectivity index (χ1v) is 7.96. The number of carbonyl (C=O) groups is 1. The first-order chi connectivity index (χ1) is 12.7. The van der Waals surface area contributed by atoms with Gasteiger partial charge in [0.15, 0.2) is 5.82 Å². The Labute approximate surface area is 148 Å². The van der Waals surface area contributed by atoms with Gasteiger partial charge in [-0.3, -0.25) is 0 Å². The van der Waals surface area contributed by atoms with Gasteiger partial charge in [0.2, 0.25) is 0 Å². The maximum Gasteiger partial charge on any atom is 0.377 e. The van der Waals surface area contributed by atoms with E-state index in [0.29, 0.717) is 11.5 Å². The van der Waals surface area contributed by atoms with Gasteiger partial charge in [0.05, 0.1) is 12.8 Å². The van der Waals surface area contributed by atoms with Crippen LogP contribution in [0.4, 0.5) is 4.39 Å². The van der Waals surface area contributed by atoms with Crippen LogP contribution in [0, 0.1) is 5.82 Å². The first kappa shape index (κ1) is 16.0. The summed E-state index contributed by atoms with van der Waals surface area (Å²) in [6.07, 6.45) is 0. The first-order valence-electron chi connectivity index (χ1n) is 7.96. The summed E-state index contributed by atoms with van der Waals surface area (Å²) in [6.45, 7) is 0. The van der Waals surface area contributed by atoms with Gasteiger partial charge in [0.1, 0.15) is 5.82 Å². The molecule has 1 heterocycles. The van der Waals surface area contributed by atoms with Crippen LogP contribution in [-0.4, -0.2) is 27.8 Å². The lowest BCUT2D eigenvalue weighted by atomic mass is 10.1. The number of hydrogen-bond donors (Lipinski definition) is 0. The van der Waals surface area contributed by atoms with E-state index < -0.39 is 5.97 Å². The molecule has 4 rings (SSSR count). The minimum absolute atomic E-state index is 0.0556. The molecule has 0 bridgehead atoms. The molecular formula is C20H14FN3O2. The van der Waals surface area contributed by atoms with E-state index >= 15 is 0 Å². The van der Waals surface area contributed by atoms with E-state index in [1.807, 2.05) is 42.5 Å². The van der Waals surface area contributed by atoms with Gasteiger partial charge in [-0.25, -0.2) is 18.9 Å². The van der Waals surface area contributed by atoms with E-state index in [9.17, 15) is 9.18 Å². The third kappa shape index (κ3) is 2.82. The molecule has 0 unspecified atom stereocenters. The molecule has 0 aliphatic rings. The van der Waals surface area contributed by atoms with Crippen molar-refractivity contribution in [3.05, 3.63) is 78.4 Å². The number of nitrogens with zero attached hydrogens (tertiary/aromatic N) is 3. The standard InChI is InChI=1S/C20H14FN3O2/c1-26-20(25)18-22-19(24(23-18)17-10-8-16(21)9-11-17)15-7-6-13-4-2-3-5-14(13)12-15/h2-12H,1H3. The van der Waals surface area contributed by atoms with Crippen LogP contribution in [-0.2, 0) is 4.74 Å². The van der Waals surface area contributed by atoms with E-state index in [1.165, 1.54) is 23.9 Å². The van der Waals surface area contributed by atoms with Gasteiger partial charge in [-0.2, -0.15) is 0 Å². The summed E-state index contributed by atoms with van der Waals surface area (Å²) < 4.78 is 19.5. The zero-order chi connectivity index (χ0) is 18.1. The van der Waals surface area contributed by atoms with Crippen molar-refractivity contribution < 1.29 is 13.9 Å². The molecule has 26 heavy (non-hydrogen) atoms. The molecule has 128 valence electrons. The van der Waals surface area contributed by atoms with Crippen molar-refractivity contribution in [3.63, 3.8) is 0 Å². The molecule has 0 amide bonds. The summed E-state index contributed by atoms with van der Waals surface area (Å²) in [5, 5.41) is 6.38. The Bertz CT molecular complexity index is 1100. The fourth-order valence-electron chi connectivity index (χ4n) is 2.77. The Morgan fingerprint density at radius 2 is 1.73 bits per heavy atom. The molecule has 0 N–H and O–H groups in total. The fourth-order valence-corrected chi connectivity index (χ4v) is 2.77. The lowest BCUT2D eigenvalue weighted by Gasteiger charge is -2.07.